The van der Waals surface area contributed by atoms with Gasteiger partial charge in [-0.25, -0.2) is 4.79 Å². The van der Waals surface area contributed by atoms with E-state index in [0.717, 1.165) is 12.3 Å². The number of pyridine rings is 1. The number of carbonyl (C=O) groups is 1. The zero-order valence-electron chi connectivity index (χ0n) is 9.25. The molecule has 18 heavy (non-hydrogen) atoms. The zero-order valence-corrected chi connectivity index (χ0v) is 9.25. The van der Waals surface area contributed by atoms with E-state index >= 15 is 0 Å². The van der Waals surface area contributed by atoms with Crippen LogP contribution in [0.15, 0.2) is 24.4 Å². The summed E-state index contributed by atoms with van der Waals surface area (Å²) in [7, 11) is 0. The molecule has 1 N–H and O–H groups in total. The SMILES string of the molecule is Cc1c(C(=O)O)cnc2c(C(F)(F)F)cccc12. The number of nitrogens with zero attached hydrogens (tertiary/aromatic N) is 1. The lowest BCUT2D eigenvalue weighted by molar-refractivity contribution is -0.136. The van der Waals surface area contributed by atoms with Gasteiger partial charge in [-0.05, 0) is 18.6 Å². The molecule has 2 rings (SSSR count). The molecule has 0 aliphatic heterocycles. The van der Waals surface area contributed by atoms with Crippen molar-refractivity contribution in [1.82, 2.24) is 4.98 Å². The monoisotopic (exact) mass is 255 g/mol. The molecule has 1 aromatic heterocycles. The molecule has 0 aliphatic rings. The van der Waals surface area contributed by atoms with Gasteiger partial charge in [-0.1, -0.05) is 12.1 Å². The molecule has 0 fully saturated rings. The van der Waals surface area contributed by atoms with Gasteiger partial charge < -0.3 is 5.11 Å². The first kappa shape index (κ1) is 12.3. The molecule has 0 radical (unpaired) electrons. The van der Waals surface area contributed by atoms with Crippen LogP contribution in [-0.2, 0) is 6.18 Å². The first-order valence-corrected chi connectivity index (χ1v) is 5.01. The van der Waals surface area contributed by atoms with Crippen LogP contribution in [0.5, 0.6) is 0 Å². The Bertz CT molecular complexity index is 635. The Balaban J connectivity index is 2.83. The summed E-state index contributed by atoms with van der Waals surface area (Å²) >= 11 is 0. The van der Waals surface area contributed by atoms with Gasteiger partial charge in [-0.2, -0.15) is 13.2 Å². The lowest BCUT2D eigenvalue weighted by Crippen LogP contribution is -2.08. The average molecular weight is 255 g/mol. The van der Waals surface area contributed by atoms with E-state index in [2.05, 4.69) is 4.98 Å². The minimum atomic E-state index is -4.51. The largest absolute Gasteiger partial charge is 0.478 e. The van der Waals surface area contributed by atoms with E-state index in [1.54, 1.807) is 0 Å². The second kappa shape index (κ2) is 3.97. The number of hydrogen-bond acceptors (Lipinski definition) is 2. The molecule has 0 saturated carbocycles. The van der Waals surface area contributed by atoms with Crippen LogP contribution in [-0.4, -0.2) is 16.1 Å². The third-order valence-corrected chi connectivity index (χ3v) is 2.70. The summed E-state index contributed by atoms with van der Waals surface area (Å²) in [5, 5.41) is 9.09. The van der Waals surface area contributed by atoms with E-state index in [9.17, 15) is 18.0 Å². The second-order valence-electron chi connectivity index (χ2n) is 3.80. The normalized spacial score (nSPS) is 11.8. The molecule has 0 amide bonds. The van der Waals surface area contributed by atoms with Gasteiger partial charge in [-0.15, -0.1) is 0 Å². The van der Waals surface area contributed by atoms with Gasteiger partial charge in [0.15, 0.2) is 0 Å². The summed E-state index contributed by atoms with van der Waals surface area (Å²) in [6.45, 7) is 1.47. The zero-order chi connectivity index (χ0) is 13.5. The Kier molecular flexibility index (Phi) is 2.73. The van der Waals surface area contributed by atoms with Gasteiger partial charge in [0.25, 0.3) is 0 Å². The predicted molar refractivity (Wildman–Crippen MR) is 58.4 cm³/mol. The molecule has 0 saturated heterocycles. The van der Waals surface area contributed by atoms with E-state index in [1.165, 1.54) is 19.1 Å². The fourth-order valence-corrected chi connectivity index (χ4v) is 1.80. The van der Waals surface area contributed by atoms with Crippen LogP contribution in [0.4, 0.5) is 13.2 Å². The number of rotatable bonds is 1. The van der Waals surface area contributed by atoms with E-state index in [-0.39, 0.29) is 22.0 Å². The number of carboxylic acids is 1. The van der Waals surface area contributed by atoms with Crippen LogP contribution in [0.1, 0.15) is 21.5 Å². The number of carboxylic acid groups (broad SMARTS) is 1. The van der Waals surface area contributed by atoms with Crippen LogP contribution in [0.2, 0.25) is 0 Å². The number of alkyl halides is 3. The lowest BCUT2D eigenvalue weighted by atomic mass is 10.0. The number of benzene rings is 1. The maximum absolute atomic E-state index is 12.8. The molecule has 0 atom stereocenters. The molecular weight excluding hydrogens is 247 g/mol. The summed E-state index contributed by atoms with van der Waals surface area (Å²) in [5.41, 5.74) is -0.909. The Morgan fingerprint density at radius 1 is 1.33 bits per heavy atom. The minimum absolute atomic E-state index is 0.0955. The predicted octanol–water partition coefficient (Wildman–Crippen LogP) is 3.26. The molecule has 0 aliphatic carbocycles. The Morgan fingerprint density at radius 2 is 2.00 bits per heavy atom. The topological polar surface area (TPSA) is 50.2 Å². The smallest absolute Gasteiger partial charge is 0.418 e. The van der Waals surface area contributed by atoms with Crippen LogP contribution in [0.25, 0.3) is 10.9 Å². The summed E-state index contributed by atoms with van der Waals surface area (Å²) in [6, 6.07) is 3.60. The molecule has 2 aromatic rings. The van der Waals surface area contributed by atoms with Gasteiger partial charge in [0.1, 0.15) is 0 Å². The van der Waals surface area contributed by atoms with E-state index < -0.39 is 17.7 Å². The highest BCUT2D eigenvalue weighted by Gasteiger charge is 2.33. The number of hydrogen-bond donors (Lipinski definition) is 1. The first-order valence-electron chi connectivity index (χ1n) is 5.01. The molecule has 94 valence electrons. The van der Waals surface area contributed by atoms with Crippen molar-refractivity contribution in [3.8, 4) is 0 Å². The number of fused-ring (bicyclic) bond motifs is 1. The maximum atomic E-state index is 12.8. The van der Waals surface area contributed by atoms with Crippen LogP contribution < -0.4 is 0 Å². The van der Waals surface area contributed by atoms with E-state index in [1.807, 2.05) is 0 Å². The van der Waals surface area contributed by atoms with Crippen molar-refractivity contribution < 1.29 is 23.1 Å². The third-order valence-electron chi connectivity index (χ3n) is 2.70. The van der Waals surface area contributed by atoms with Crippen molar-refractivity contribution in [2.75, 3.05) is 0 Å². The van der Waals surface area contributed by atoms with Crippen molar-refractivity contribution in [2.24, 2.45) is 0 Å². The van der Waals surface area contributed by atoms with Gasteiger partial charge in [-0.3, -0.25) is 4.98 Å². The fraction of sp³-hybridized carbons (Fsp3) is 0.167. The number of para-hydroxylation sites is 1. The maximum Gasteiger partial charge on any atom is 0.418 e. The van der Waals surface area contributed by atoms with E-state index in [4.69, 9.17) is 5.11 Å². The lowest BCUT2D eigenvalue weighted by Gasteiger charge is -2.11. The first-order chi connectivity index (χ1) is 8.32. The summed E-state index contributed by atoms with van der Waals surface area (Å²) in [5.74, 6) is -1.21. The van der Waals surface area contributed by atoms with Crippen LogP contribution >= 0.6 is 0 Å². The van der Waals surface area contributed by atoms with Crippen molar-refractivity contribution >= 4 is 16.9 Å². The Hall–Kier alpha value is -2.11. The molecule has 0 unspecified atom stereocenters. The summed E-state index contributed by atoms with van der Waals surface area (Å²) < 4.78 is 38.3. The van der Waals surface area contributed by atoms with Crippen molar-refractivity contribution in [1.29, 1.82) is 0 Å². The average Bonchev–Trinajstić information content (AvgIpc) is 2.27. The van der Waals surface area contributed by atoms with Gasteiger partial charge >= 0.3 is 12.1 Å². The Morgan fingerprint density at radius 3 is 2.56 bits per heavy atom. The number of halogens is 3. The second-order valence-corrected chi connectivity index (χ2v) is 3.80. The molecule has 1 aromatic carbocycles. The number of aryl methyl sites for hydroxylation is 1. The van der Waals surface area contributed by atoms with Crippen molar-refractivity contribution in [2.45, 2.75) is 13.1 Å². The van der Waals surface area contributed by atoms with Crippen molar-refractivity contribution in [3.63, 3.8) is 0 Å². The van der Waals surface area contributed by atoms with Gasteiger partial charge in [0, 0.05) is 11.6 Å². The molecular formula is C12H8F3NO2. The third kappa shape index (κ3) is 1.90. The standard InChI is InChI=1S/C12H8F3NO2/c1-6-7-3-2-4-9(12(13,14)15)10(7)16-5-8(6)11(17)18/h2-5H,1H3,(H,17,18). The summed E-state index contributed by atoms with van der Waals surface area (Å²) in [4.78, 5) is 14.5. The minimum Gasteiger partial charge on any atom is -0.478 e. The van der Waals surface area contributed by atoms with Gasteiger partial charge in [0.05, 0.1) is 16.6 Å². The van der Waals surface area contributed by atoms with E-state index in [0.29, 0.717) is 0 Å². The van der Waals surface area contributed by atoms with Crippen molar-refractivity contribution in [3.05, 3.63) is 41.1 Å². The molecule has 0 spiro atoms. The van der Waals surface area contributed by atoms with Gasteiger partial charge in [0.2, 0.25) is 0 Å². The highest BCUT2D eigenvalue weighted by atomic mass is 19.4. The van der Waals surface area contributed by atoms with Crippen LogP contribution in [0.3, 0.4) is 0 Å². The fourth-order valence-electron chi connectivity index (χ4n) is 1.80. The summed E-state index contributed by atoms with van der Waals surface area (Å²) in [6.07, 6.45) is -3.56. The number of aromatic nitrogens is 1. The molecule has 3 nitrogen and oxygen atoms in total. The quantitative estimate of drug-likeness (QED) is 0.850. The van der Waals surface area contributed by atoms with Crippen LogP contribution in [0, 0.1) is 6.92 Å². The highest BCUT2D eigenvalue weighted by molar-refractivity contribution is 5.96. The Labute approximate surface area is 99.9 Å². The highest BCUT2D eigenvalue weighted by Crippen LogP contribution is 2.34. The number of aromatic carboxylic acids is 1. The molecule has 1 heterocycles. The molecule has 6 heteroatoms. The molecule has 0 bridgehead atoms.